The highest BCUT2D eigenvalue weighted by Crippen LogP contribution is 2.24. The van der Waals surface area contributed by atoms with Gasteiger partial charge in [-0.2, -0.15) is 0 Å². The fourth-order valence-electron chi connectivity index (χ4n) is 2.86. The number of hydrogen-bond acceptors (Lipinski definition) is 6. The van der Waals surface area contributed by atoms with Crippen LogP contribution in [0.3, 0.4) is 0 Å². The van der Waals surface area contributed by atoms with E-state index >= 15 is 0 Å². The largest absolute Gasteiger partial charge is 0.472 e. The average molecular weight is 344 g/mol. The molecule has 2 aromatic rings. The summed E-state index contributed by atoms with van der Waals surface area (Å²) < 4.78 is 10.6. The predicted octanol–water partition coefficient (Wildman–Crippen LogP) is 3.18. The number of hydrogen-bond donors (Lipinski definition) is 0. The molecule has 0 spiro atoms. The maximum absolute atomic E-state index is 12.3. The highest BCUT2D eigenvalue weighted by molar-refractivity contribution is 5.69. The highest BCUT2D eigenvalue weighted by atomic mass is 16.6. The number of nitrogens with zero attached hydrogens (tertiary/aromatic N) is 4. The van der Waals surface area contributed by atoms with Crippen molar-refractivity contribution in [2.24, 2.45) is 0 Å². The number of rotatable bonds is 2. The van der Waals surface area contributed by atoms with Crippen LogP contribution >= 0.6 is 0 Å². The van der Waals surface area contributed by atoms with Crippen LogP contribution in [0.15, 0.2) is 35.4 Å². The van der Waals surface area contributed by atoms with Crippen molar-refractivity contribution in [3.63, 3.8) is 0 Å². The van der Waals surface area contributed by atoms with E-state index in [4.69, 9.17) is 9.15 Å². The van der Waals surface area contributed by atoms with Gasteiger partial charge in [-0.05, 0) is 33.8 Å². The van der Waals surface area contributed by atoms with Crippen LogP contribution in [-0.2, 0) is 4.74 Å². The summed E-state index contributed by atoms with van der Waals surface area (Å²) in [5, 5.41) is 0. The molecule has 0 saturated carbocycles. The van der Waals surface area contributed by atoms with Gasteiger partial charge in [0.1, 0.15) is 17.7 Å². The molecule has 0 N–H and O–H groups in total. The summed E-state index contributed by atoms with van der Waals surface area (Å²) in [7, 11) is 0. The first-order valence-corrected chi connectivity index (χ1v) is 8.43. The summed E-state index contributed by atoms with van der Waals surface area (Å²) >= 11 is 0. The molecule has 3 rings (SSSR count). The third kappa shape index (κ3) is 4.10. The van der Waals surface area contributed by atoms with Crippen molar-refractivity contribution < 1.29 is 13.9 Å². The van der Waals surface area contributed by atoms with Crippen LogP contribution in [-0.4, -0.2) is 52.2 Å². The number of ether oxygens (including phenoxy) is 1. The SMILES string of the molecule is C[C@H]1CN(C(=O)OC(C)(C)C)CCN1c1cc(-c2ccoc2)ncn1. The Kier molecular flexibility index (Phi) is 4.65. The van der Waals surface area contributed by atoms with E-state index in [-0.39, 0.29) is 12.1 Å². The van der Waals surface area contributed by atoms with Crippen LogP contribution in [0.4, 0.5) is 10.6 Å². The molecule has 0 radical (unpaired) electrons. The van der Waals surface area contributed by atoms with Crippen LogP contribution in [0.25, 0.3) is 11.3 Å². The molecule has 3 heterocycles. The molecule has 0 aliphatic carbocycles. The zero-order valence-corrected chi connectivity index (χ0v) is 15.1. The molecule has 25 heavy (non-hydrogen) atoms. The number of piperazine rings is 1. The molecular weight excluding hydrogens is 320 g/mol. The molecule has 1 saturated heterocycles. The molecule has 7 heteroatoms. The highest BCUT2D eigenvalue weighted by Gasteiger charge is 2.30. The zero-order valence-electron chi connectivity index (χ0n) is 15.1. The van der Waals surface area contributed by atoms with E-state index in [1.165, 1.54) is 0 Å². The second-order valence-electron chi connectivity index (χ2n) is 7.24. The van der Waals surface area contributed by atoms with E-state index < -0.39 is 5.60 Å². The maximum atomic E-state index is 12.3. The van der Waals surface area contributed by atoms with Gasteiger partial charge in [-0.3, -0.25) is 0 Å². The minimum absolute atomic E-state index is 0.133. The van der Waals surface area contributed by atoms with E-state index in [9.17, 15) is 4.79 Å². The van der Waals surface area contributed by atoms with Crippen LogP contribution in [0, 0.1) is 0 Å². The summed E-state index contributed by atoms with van der Waals surface area (Å²) in [5.41, 5.74) is 1.26. The Hall–Kier alpha value is -2.57. The van der Waals surface area contributed by atoms with Gasteiger partial charge in [0, 0.05) is 37.3 Å². The standard InChI is InChI=1S/C18H24N4O3/c1-13-10-21(17(23)25-18(2,3)4)6-7-22(13)16-9-15(19-12-20-16)14-5-8-24-11-14/h5,8-9,11-13H,6-7,10H2,1-4H3/t13-/m0/s1. The Balaban J connectivity index is 1.70. The molecule has 0 bridgehead atoms. The molecule has 1 aliphatic rings. The minimum atomic E-state index is -0.483. The average Bonchev–Trinajstić information content (AvgIpc) is 3.08. The fourth-order valence-corrected chi connectivity index (χ4v) is 2.86. The monoisotopic (exact) mass is 344 g/mol. The van der Waals surface area contributed by atoms with Crippen LogP contribution in [0.1, 0.15) is 27.7 Å². The first-order chi connectivity index (χ1) is 11.8. The lowest BCUT2D eigenvalue weighted by Gasteiger charge is -2.40. The van der Waals surface area contributed by atoms with Gasteiger partial charge in [-0.1, -0.05) is 0 Å². The van der Waals surface area contributed by atoms with Gasteiger partial charge < -0.3 is 19.0 Å². The molecule has 1 amide bonds. The maximum Gasteiger partial charge on any atom is 0.410 e. The van der Waals surface area contributed by atoms with E-state index in [0.29, 0.717) is 19.6 Å². The predicted molar refractivity (Wildman–Crippen MR) is 94.3 cm³/mol. The quantitative estimate of drug-likeness (QED) is 0.833. The molecule has 0 aromatic carbocycles. The van der Waals surface area contributed by atoms with Crippen molar-refractivity contribution in [1.29, 1.82) is 0 Å². The van der Waals surface area contributed by atoms with E-state index in [0.717, 1.165) is 17.1 Å². The molecule has 7 nitrogen and oxygen atoms in total. The minimum Gasteiger partial charge on any atom is -0.472 e. The van der Waals surface area contributed by atoms with Crippen molar-refractivity contribution in [2.75, 3.05) is 24.5 Å². The number of carbonyl (C=O) groups excluding carboxylic acids is 1. The van der Waals surface area contributed by atoms with E-state index in [1.807, 2.05) is 32.9 Å². The van der Waals surface area contributed by atoms with Crippen LogP contribution in [0.2, 0.25) is 0 Å². The van der Waals surface area contributed by atoms with Crippen molar-refractivity contribution in [3.05, 3.63) is 31.0 Å². The normalized spacial score (nSPS) is 18.3. The number of amides is 1. The van der Waals surface area contributed by atoms with Gasteiger partial charge in [-0.25, -0.2) is 14.8 Å². The van der Waals surface area contributed by atoms with Gasteiger partial charge in [0.15, 0.2) is 0 Å². The lowest BCUT2D eigenvalue weighted by atomic mass is 10.1. The smallest absolute Gasteiger partial charge is 0.410 e. The molecular formula is C18H24N4O3. The van der Waals surface area contributed by atoms with Crippen molar-refractivity contribution in [3.8, 4) is 11.3 Å². The Labute approximate surface area is 147 Å². The Morgan fingerprint density at radius 2 is 2.12 bits per heavy atom. The molecule has 1 aliphatic heterocycles. The second-order valence-corrected chi connectivity index (χ2v) is 7.24. The lowest BCUT2D eigenvalue weighted by Crippen LogP contribution is -2.54. The Bertz CT molecular complexity index is 724. The molecule has 2 aromatic heterocycles. The first kappa shape index (κ1) is 17.3. The lowest BCUT2D eigenvalue weighted by molar-refractivity contribution is 0.0218. The first-order valence-electron chi connectivity index (χ1n) is 8.43. The second kappa shape index (κ2) is 6.74. The summed E-state index contributed by atoms with van der Waals surface area (Å²) in [6.07, 6.45) is 4.58. The molecule has 1 fully saturated rings. The number of anilines is 1. The van der Waals surface area contributed by atoms with Gasteiger partial charge in [0.2, 0.25) is 0 Å². The molecule has 0 unspecified atom stereocenters. The number of carbonyl (C=O) groups is 1. The van der Waals surface area contributed by atoms with Gasteiger partial charge in [0.05, 0.1) is 18.2 Å². The van der Waals surface area contributed by atoms with E-state index in [2.05, 4.69) is 21.8 Å². The fraction of sp³-hybridized carbons (Fsp3) is 0.500. The third-order valence-corrected chi connectivity index (χ3v) is 4.04. The Morgan fingerprint density at radius 3 is 2.76 bits per heavy atom. The molecule has 1 atom stereocenters. The number of furan rings is 1. The van der Waals surface area contributed by atoms with E-state index in [1.54, 1.807) is 23.8 Å². The summed E-state index contributed by atoms with van der Waals surface area (Å²) in [5.74, 6) is 0.850. The van der Waals surface area contributed by atoms with Gasteiger partial charge >= 0.3 is 6.09 Å². The van der Waals surface area contributed by atoms with Crippen molar-refractivity contribution in [1.82, 2.24) is 14.9 Å². The third-order valence-electron chi connectivity index (χ3n) is 4.04. The van der Waals surface area contributed by atoms with Crippen LogP contribution in [0.5, 0.6) is 0 Å². The summed E-state index contributed by atoms with van der Waals surface area (Å²) in [4.78, 5) is 24.9. The van der Waals surface area contributed by atoms with Gasteiger partial charge in [0.25, 0.3) is 0 Å². The molecule has 134 valence electrons. The van der Waals surface area contributed by atoms with Gasteiger partial charge in [-0.15, -0.1) is 0 Å². The van der Waals surface area contributed by atoms with Crippen LogP contribution < -0.4 is 4.90 Å². The Morgan fingerprint density at radius 1 is 1.32 bits per heavy atom. The summed E-state index contributed by atoms with van der Waals surface area (Å²) in [6, 6.07) is 3.95. The zero-order chi connectivity index (χ0) is 18.0. The van der Waals surface area contributed by atoms with Crippen molar-refractivity contribution in [2.45, 2.75) is 39.3 Å². The van der Waals surface area contributed by atoms with Crippen molar-refractivity contribution >= 4 is 11.9 Å². The summed E-state index contributed by atoms with van der Waals surface area (Å²) in [6.45, 7) is 9.61. The topological polar surface area (TPSA) is 71.7 Å². The number of aromatic nitrogens is 2.